The Balaban J connectivity index is 1.43. The number of nitrogens with zero attached hydrogens (tertiary/aromatic N) is 4. The molecule has 0 saturated carbocycles. The molecule has 4 heterocycles. The Kier molecular flexibility index (Phi) is 7.08. The molecule has 2 aromatic heterocycles. The van der Waals surface area contributed by atoms with Gasteiger partial charge in [-0.15, -0.1) is 5.53 Å². The summed E-state index contributed by atoms with van der Waals surface area (Å²) in [6, 6.07) is 11.9. The van der Waals surface area contributed by atoms with Gasteiger partial charge in [-0.25, -0.2) is 22.2 Å². The zero-order chi connectivity index (χ0) is 30.5. The van der Waals surface area contributed by atoms with Gasteiger partial charge in [-0.1, -0.05) is 23.7 Å². The number of rotatable bonds is 7. The fourth-order valence-corrected chi connectivity index (χ4v) is 6.69. The monoisotopic (exact) mass is 624 g/mol. The number of benzene rings is 2. The third kappa shape index (κ3) is 5.40. The number of hydrogen-bond acceptors (Lipinski definition) is 10. The van der Waals surface area contributed by atoms with Gasteiger partial charge < -0.3 is 16.1 Å². The summed E-state index contributed by atoms with van der Waals surface area (Å²) in [6.45, 7) is 0. The van der Waals surface area contributed by atoms with E-state index in [1.807, 2.05) is 13.9 Å². The van der Waals surface area contributed by atoms with Gasteiger partial charge in [0.2, 0.25) is 5.95 Å². The normalized spacial score (nSPS) is 17.4. The maximum Gasteiger partial charge on any atom is 0.249 e. The summed E-state index contributed by atoms with van der Waals surface area (Å²) in [4.78, 5) is 7.71. The second kappa shape index (κ2) is 10.6. The standard InChI is InChI=1S/C27H21BClF3N8O2S/c28-27(15-1-3-16(30)4-2-15,23-11-40(39-38-23)19-12-43(41,42)13-19)37-17-5-20-24(36-18-7-22(31)26(32)35-10-18)14(8-33)9-34-25(20)21(29)6-17/h1-7,9-11,19,37-39H,12-13,28H2,(H,34,36). The number of nitrogens with one attached hydrogen (secondary N) is 4. The van der Waals surface area contributed by atoms with E-state index < -0.39 is 32.9 Å². The number of fused-ring (bicyclic) bond motifs is 1. The average molecular weight is 625 g/mol. The summed E-state index contributed by atoms with van der Waals surface area (Å²) in [5.74, 6) is -2.85. The van der Waals surface area contributed by atoms with Gasteiger partial charge in [0.05, 0.1) is 62.4 Å². The predicted molar refractivity (Wildman–Crippen MR) is 158 cm³/mol. The number of halogens is 4. The molecule has 0 amide bonds. The molecule has 2 aromatic carbocycles. The summed E-state index contributed by atoms with van der Waals surface area (Å²) in [7, 11) is -1.23. The van der Waals surface area contributed by atoms with Crippen LogP contribution in [0.15, 0.2) is 66.8 Å². The summed E-state index contributed by atoms with van der Waals surface area (Å²) in [6.07, 6.45) is 4.15. The number of nitriles is 1. The first-order valence-electron chi connectivity index (χ1n) is 12.8. The first-order chi connectivity index (χ1) is 20.5. The van der Waals surface area contributed by atoms with Gasteiger partial charge in [-0.05, 0) is 29.8 Å². The van der Waals surface area contributed by atoms with E-state index in [0.717, 1.165) is 12.3 Å². The van der Waals surface area contributed by atoms with Crippen LogP contribution in [0, 0.1) is 28.9 Å². The third-order valence-corrected chi connectivity index (χ3v) is 9.41. The highest BCUT2D eigenvalue weighted by Crippen LogP contribution is 2.38. The zero-order valence-electron chi connectivity index (χ0n) is 22.3. The molecule has 1 saturated heterocycles. The molecule has 4 N–H and O–H groups in total. The molecular formula is C27H21BClF3N8O2S. The van der Waals surface area contributed by atoms with Crippen LogP contribution in [0.3, 0.4) is 0 Å². The van der Waals surface area contributed by atoms with E-state index in [1.165, 1.54) is 18.3 Å². The maximum absolute atomic E-state index is 13.9. The Bertz CT molecular complexity index is 1950. The van der Waals surface area contributed by atoms with Crippen LogP contribution in [0.4, 0.5) is 30.2 Å². The first-order valence-corrected chi connectivity index (χ1v) is 15.0. The Morgan fingerprint density at radius 2 is 1.84 bits per heavy atom. The first kappa shape index (κ1) is 28.6. The van der Waals surface area contributed by atoms with Gasteiger partial charge in [-0.3, -0.25) is 9.99 Å². The van der Waals surface area contributed by atoms with Crippen molar-refractivity contribution < 1.29 is 21.6 Å². The number of aromatic nitrogens is 2. The van der Waals surface area contributed by atoms with Crippen LogP contribution >= 0.6 is 11.6 Å². The highest BCUT2D eigenvalue weighted by Gasteiger charge is 2.41. The lowest BCUT2D eigenvalue weighted by Gasteiger charge is -2.34. The van der Waals surface area contributed by atoms with E-state index in [0.29, 0.717) is 27.9 Å². The second-order valence-corrected chi connectivity index (χ2v) is 12.9. The van der Waals surface area contributed by atoms with Crippen LogP contribution < -0.4 is 21.6 Å². The van der Waals surface area contributed by atoms with E-state index in [9.17, 15) is 26.9 Å². The van der Waals surface area contributed by atoms with E-state index in [2.05, 4.69) is 31.6 Å². The van der Waals surface area contributed by atoms with E-state index >= 15 is 0 Å². The predicted octanol–water partition coefficient (Wildman–Crippen LogP) is 3.18. The molecule has 0 spiro atoms. The lowest BCUT2D eigenvalue weighted by atomic mass is 9.69. The van der Waals surface area contributed by atoms with Crippen molar-refractivity contribution in [2.75, 3.05) is 22.1 Å². The lowest BCUT2D eigenvalue weighted by Crippen LogP contribution is -2.56. The average Bonchev–Trinajstić information content (AvgIpc) is 3.45. The molecular weight excluding hydrogens is 604 g/mol. The van der Waals surface area contributed by atoms with Crippen molar-refractivity contribution in [2.45, 2.75) is 11.5 Å². The number of anilines is 3. The molecule has 16 heteroatoms. The summed E-state index contributed by atoms with van der Waals surface area (Å²) < 4.78 is 64.8. The largest absolute Gasteiger partial charge is 0.378 e. The fourth-order valence-electron chi connectivity index (χ4n) is 5.03. The molecule has 1 fully saturated rings. The SMILES string of the molecule is BC(Nc1cc(Cl)c2ncc(C#N)c(Nc3cnc(F)c(F)c3)c2c1)(C1=CN(C2CS(=O)(=O)C2)NN1)c1ccc(F)cc1. The van der Waals surface area contributed by atoms with Gasteiger partial charge in [-0.2, -0.15) is 9.65 Å². The second-order valence-electron chi connectivity index (χ2n) is 10.3. The van der Waals surface area contributed by atoms with Gasteiger partial charge in [0.15, 0.2) is 15.7 Å². The molecule has 1 atom stereocenters. The molecule has 0 radical (unpaired) electrons. The van der Waals surface area contributed by atoms with Crippen LogP contribution in [0.5, 0.6) is 0 Å². The summed E-state index contributed by atoms with van der Waals surface area (Å²) in [5, 5.41) is 18.5. The van der Waals surface area contributed by atoms with Crippen LogP contribution in [-0.4, -0.2) is 48.8 Å². The molecule has 4 aromatic rings. The van der Waals surface area contributed by atoms with Crippen molar-refractivity contribution in [3.63, 3.8) is 0 Å². The fraction of sp³-hybridized carbons (Fsp3) is 0.148. The molecule has 0 aliphatic carbocycles. The minimum absolute atomic E-state index is 0.00388. The minimum atomic E-state index is -3.08. The molecule has 2 aliphatic rings. The molecule has 2 aliphatic heterocycles. The number of hydrogen-bond donors (Lipinski definition) is 4. The molecule has 218 valence electrons. The maximum atomic E-state index is 13.9. The number of hydrazine groups is 2. The highest BCUT2D eigenvalue weighted by molar-refractivity contribution is 7.92. The van der Waals surface area contributed by atoms with Crippen molar-refractivity contribution in [2.24, 2.45) is 0 Å². The Hall–Kier alpha value is -4.52. The van der Waals surface area contributed by atoms with Crippen LogP contribution in [0.1, 0.15) is 11.1 Å². The molecule has 6 rings (SSSR count). The molecule has 43 heavy (non-hydrogen) atoms. The number of pyridine rings is 2. The Morgan fingerprint density at radius 3 is 2.51 bits per heavy atom. The van der Waals surface area contributed by atoms with E-state index in [-0.39, 0.29) is 39.5 Å². The van der Waals surface area contributed by atoms with Crippen molar-refractivity contribution in [1.29, 1.82) is 5.26 Å². The molecule has 1 unspecified atom stereocenters. The Morgan fingerprint density at radius 1 is 1.09 bits per heavy atom. The zero-order valence-corrected chi connectivity index (χ0v) is 23.9. The van der Waals surface area contributed by atoms with Crippen molar-refractivity contribution in [1.82, 2.24) is 25.9 Å². The van der Waals surface area contributed by atoms with Crippen LogP contribution in [0.2, 0.25) is 5.02 Å². The van der Waals surface area contributed by atoms with Crippen LogP contribution in [-0.2, 0) is 15.3 Å². The summed E-state index contributed by atoms with van der Waals surface area (Å²) >= 11 is 6.66. The smallest absolute Gasteiger partial charge is 0.249 e. The van der Waals surface area contributed by atoms with Crippen molar-refractivity contribution in [3.05, 3.63) is 100 Å². The van der Waals surface area contributed by atoms with E-state index in [1.54, 1.807) is 35.5 Å². The molecule has 10 nitrogen and oxygen atoms in total. The van der Waals surface area contributed by atoms with Crippen LogP contribution in [0.25, 0.3) is 10.9 Å². The van der Waals surface area contributed by atoms with Gasteiger partial charge in [0.1, 0.15) is 19.7 Å². The summed E-state index contributed by atoms with van der Waals surface area (Å²) in [5.41, 5.74) is 7.54. The highest BCUT2D eigenvalue weighted by atomic mass is 35.5. The van der Waals surface area contributed by atoms with E-state index in [4.69, 9.17) is 11.6 Å². The molecule has 0 bridgehead atoms. The van der Waals surface area contributed by atoms with Gasteiger partial charge in [0, 0.05) is 29.5 Å². The quantitative estimate of drug-likeness (QED) is 0.179. The lowest BCUT2D eigenvalue weighted by molar-refractivity contribution is 0.212. The minimum Gasteiger partial charge on any atom is -0.378 e. The Labute approximate surface area is 249 Å². The van der Waals surface area contributed by atoms with Gasteiger partial charge >= 0.3 is 0 Å². The topological polar surface area (TPSA) is 135 Å². The van der Waals surface area contributed by atoms with Crippen molar-refractivity contribution >= 4 is 57.2 Å². The van der Waals surface area contributed by atoms with Crippen molar-refractivity contribution in [3.8, 4) is 6.07 Å². The van der Waals surface area contributed by atoms with Gasteiger partial charge in [0.25, 0.3) is 0 Å². The third-order valence-electron chi connectivity index (χ3n) is 7.34. The number of sulfone groups is 1.